The lowest BCUT2D eigenvalue weighted by Crippen LogP contribution is -2.48. The highest BCUT2D eigenvalue weighted by Crippen LogP contribution is 2.25. The van der Waals surface area contributed by atoms with E-state index in [0.29, 0.717) is 12.6 Å². The summed E-state index contributed by atoms with van der Waals surface area (Å²) in [4.78, 5) is 27.6. The summed E-state index contributed by atoms with van der Waals surface area (Å²) in [6.45, 7) is 3.61. The monoisotopic (exact) mass is 334 g/mol. The molecule has 0 bridgehead atoms. The zero-order chi connectivity index (χ0) is 16.2. The number of thiophene rings is 1. The van der Waals surface area contributed by atoms with E-state index < -0.39 is 0 Å². The molecule has 126 valence electrons. The van der Waals surface area contributed by atoms with E-state index in [4.69, 9.17) is 0 Å². The largest absolute Gasteiger partial charge is 0.353 e. The molecule has 23 heavy (non-hydrogen) atoms. The maximum atomic E-state index is 12.6. The number of piperidine rings is 1. The van der Waals surface area contributed by atoms with Gasteiger partial charge in [-0.25, -0.2) is 0 Å². The number of amides is 2. The number of hydrogen-bond acceptors (Lipinski definition) is 3. The molecule has 4 nitrogen and oxygen atoms in total. The first kappa shape index (κ1) is 16.5. The minimum Gasteiger partial charge on any atom is -0.353 e. The molecule has 5 heteroatoms. The standard InChI is InChI=1S/C18H26N2O2S/c1-13-6-8-15(9-7-13)19-17(21)14-4-2-10-20(12-14)18(22)16-5-3-11-23-16/h3,5,11,13-15H,2,4,6-10,12H2,1H3,(H,19,21). The van der Waals surface area contributed by atoms with E-state index in [1.807, 2.05) is 22.4 Å². The van der Waals surface area contributed by atoms with E-state index in [0.717, 1.165) is 43.0 Å². The smallest absolute Gasteiger partial charge is 0.263 e. The molecule has 2 fully saturated rings. The zero-order valence-corrected chi connectivity index (χ0v) is 14.6. The van der Waals surface area contributed by atoms with Crippen LogP contribution >= 0.6 is 11.3 Å². The van der Waals surface area contributed by atoms with Crippen LogP contribution < -0.4 is 5.32 Å². The minimum atomic E-state index is -0.0491. The molecule has 1 atom stereocenters. The lowest BCUT2D eigenvalue weighted by molar-refractivity contribution is -0.127. The molecule has 1 saturated heterocycles. The Hall–Kier alpha value is -1.36. The van der Waals surface area contributed by atoms with Crippen LogP contribution in [0.25, 0.3) is 0 Å². The molecule has 3 rings (SSSR count). The Morgan fingerprint density at radius 1 is 1.22 bits per heavy atom. The Labute approximate surface area is 142 Å². The average molecular weight is 334 g/mol. The summed E-state index contributed by atoms with van der Waals surface area (Å²) in [6, 6.07) is 4.10. The van der Waals surface area contributed by atoms with Crippen molar-refractivity contribution in [1.29, 1.82) is 0 Å². The second-order valence-corrected chi connectivity index (χ2v) is 7.98. The van der Waals surface area contributed by atoms with E-state index >= 15 is 0 Å². The Morgan fingerprint density at radius 3 is 2.70 bits per heavy atom. The van der Waals surface area contributed by atoms with Gasteiger partial charge in [-0.05, 0) is 55.9 Å². The van der Waals surface area contributed by atoms with Gasteiger partial charge in [0, 0.05) is 19.1 Å². The van der Waals surface area contributed by atoms with Gasteiger partial charge in [0.2, 0.25) is 5.91 Å². The molecule has 1 aliphatic heterocycles. The highest BCUT2D eigenvalue weighted by Gasteiger charge is 2.30. The fourth-order valence-corrected chi connectivity index (χ4v) is 4.35. The third-order valence-corrected chi connectivity index (χ3v) is 6.03. The van der Waals surface area contributed by atoms with Gasteiger partial charge in [-0.3, -0.25) is 9.59 Å². The highest BCUT2D eigenvalue weighted by molar-refractivity contribution is 7.12. The first-order valence-corrected chi connectivity index (χ1v) is 9.64. The van der Waals surface area contributed by atoms with Crippen LogP contribution in [-0.2, 0) is 4.79 Å². The predicted octanol–water partition coefficient (Wildman–Crippen LogP) is 3.30. The molecule has 2 amide bonds. The molecule has 0 radical (unpaired) electrons. The van der Waals surface area contributed by atoms with E-state index in [1.165, 1.54) is 24.2 Å². The molecule has 2 heterocycles. The summed E-state index contributed by atoms with van der Waals surface area (Å²) in [6.07, 6.45) is 6.41. The summed E-state index contributed by atoms with van der Waals surface area (Å²) in [5.74, 6) is 0.959. The van der Waals surface area contributed by atoms with E-state index in [2.05, 4.69) is 12.2 Å². The van der Waals surface area contributed by atoms with E-state index in [1.54, 1.807) is 0 Å². The molecule has 1 saturated carbocycles. The summed E-state index contributed by atoms with van der Waals surface area (Å²) in [7, 11) is 0. The van der Waals surface area contributed by atoms with Crippen molar-refractivity contribution < 1.29 is 9.59 Å². The number of nitrogens with zero attached hydrogens (tertiary/aromatic N) is 1. The molecule has 0 spiro atoms. The van der Waals surface area contributed by atoms with Gasteiger partial charge >= 0.3 is 0 Å². The van der Waals surface area contributed by atoms with Gasteiger partial charge in [0.15, 0.2) is 0 Å². The molecular weight excluding hydrogens is 308 g/mol. The molecule has 2 aliphatic rings. The Morgan fingerprint density at radius 2 is 2.00 bits per heavy atom. The van der Waals surface area contributed by atoms with Crippen LogP contribution in [0.1, 0.15) is 55.1 Å². The number of nitrogens with one attached hydrogen (secondary N) is 1. The molecule has 1 aromatic heterocycles. The fraction of sp³-hybridized carbons (Fsp3) is 0.667. The van der Waals surface area contributed by atoms with Gasteiger partial charge in [-0.2, -0.15) is 0 Å². The highest BCUT2D eigenvalue weighted by atomic mass is 32.1. The van der Waals surface area contributed by atoms with Gasteiger partial charge in [-0.1, -0.05) is 13.0 Å². The maximum Gasteiger partial charge on any atom is 0.263 e. The van der Waals surface area contributed by atoms with E-state index in [9.17, 15) is 9.59 Å². The third kappa shape index (κ3) is 4.14. The van der Waals surface area contributed by atoms with Crippen LogP contribution in [0, 0.1) is 11.8 Å². The van der Waals surface area contributed by atoms with Crippen molar-refractivity contribution in [2.24, 2.45) is 11.8 Å². The van der Waals surface area contributed by atoms with Gasteiger partial charge in [0.25, 0.3) is 5.91 Å². The van der Waals surface area contributed by atoms with Crippen molar-refractivity contribution in [2.75, 3.05) is 13.1 Å². The predicted molar refractivity (Wildman–Crippen MR) is 92.5 cm³/mol. The normalized spacial score (nSPS) is 28.4. The van der Waals surface area contributed by atoms with Crippen molar-refractivity contribution in [3.63, 3.8) is 0 Å². The summed E-state index contributed by atoms with van der Waals surface area (Å²) in [5.41, 5.74) is 0. The van der Waals surface area contributed by atoms with E-state index in [-0.39, 0.29) is 17.7 Å². The van der Waals surface area contributed by atoms with Crippen molar-refractivity contribution in [3.05, 3.63) is 22.4 Å². The van der Waals surface area contributed by atoms with Crippen LogP contribution in [0.2, 0.25) is 0 Å². The van der Waals surface area contributed by atoms with Crippen LogP contribution in [0.5, 0.6) is 0 Å². The van der Waals surface area contributed by atoms with Gasteiger partial charge in [-0.15, -0.1) is 11.3 Å². The van der Waals surface area contributed by atoms with Gasteiger partial charge < -0.3 is 10.2 Å². The number of hydrogen-bond donors (Lipinski definition) is 1. The average Bonchev–Trinajstić information content (AvgIpc) is 3.11. The van der Waals surface area contributed by atoms with Crippen LogP contribution in [-0.4, -0.2) is 35.8 Å². The lowest BCUT2D eigenvalue weighted by atomic mass is 9.87. The van der Waals surface area contributed by atoms with Gasteiger partial charge in [0.05, 0.1) is 10.8 Å². The van der Waals surface area contributed by atoms with Crippen molar-refractivity contribution in [3.8, 4) is 0 Å². The second kappa shape index (κ2) is 7.47. The Kier molecular flexibility index (Phi) is 5.36. The number of rotatable bonds is 3. The maximum absolute atomic E-state index is 12.6. The molecule has 1 N–H and O–H groups in total. The van der Waals surface area contributed by atoms with Crippen LogP contribution in [0.3, 0.4) is 0 Å². The molecule has 1 aliphatic carbocycles. The number of likely N-dealkylation sites (tertiary alicyclic amines) is 1. The fourth-order valence-electron chi connectivity index (χ4n) is 3.66. The Bertz CT molecular complexity index is 535. The number of carbonyl (C=O) groups excluding carboxylic acids is 2. The number of carbonyl (C=O) groups is 2. The van der Waals surface area contributed by atoms with Crippen LogP contribution in [0.15, 0.2) is 17.5 Å². The zero-order valence-electron chi connectivity index (χ0n) is 13.8. The molecule has 0 aromatic carbocycles. The molecule has 1 unspecified atom stereocenters. The van der Waals surface area contributed by atoms with Crippen molar-refractivity contribution >= 4 is 23.2 Å². The Balaban J connectivity index is 1.53. The summed E-state index contributed by atoms with van der Waals surface area (Å²) < 4.78 is 0. The first-order valence-electron chi connectivity index (χ1n) is 8.76. The second-order valence-electron chi connectivity index (χ2n) is 7.03. The summed E-state index contributed by atoms with van der Waals surface area (Å²) in [5, 5.41) is 5.15. The topological polar surface area (TPSA) is 49.4 Å². The quantitative estimate of drug-likeness (QED) is 0.922. The summed E-state index contributed by atoms with van der Waals surface area (Å²) >= 11 is 1.47. The molecular formula is C18H26N2O2S. The molecule has 1 aromatic rings. The third-order valence-electron chi connectivity index (χ3n) is 5.17. The minimum absolute atomic E-state index is 0.0491. The first-order chi connectivity index (χ1) is 11.1. The van der Waals surface area contributed by atoms with Crippen molar-refractivity contribution in [2.45, 2.75) is 51.5 Å². The van der Waals surface area contributed by atoms with Crippen molar-refractivity contribution in [1.82, 2.24) is 10.2 Å². The lowest BCUT2D eigenvalue weighted by Gasteiger charge is -2.34. The SMILES string of the molecule is CC1CCC(NC(=O)C2CCCN(C(=O)c3cccs3)C2)CC1. The van der Waals surface area contributed by atoms with Crippen LogP contribution in [0.4, 0.5) is 0 Å². The van der Waals surface area contributed by atoms with Gasteiger partial charge in [0.1, 0.15) is 0 Å².